The summed E-state index contributed by atoms with van der Waals surface area (Å²) in [5.41, 5.74) is 0.0985. The first-order chi connectivity index (χ1) is 14.1. The Labute approximate surface area is 174 Å². The van der Waals surface area contributed by atoms with E-state index < -0.39 is 36.0 Å². The summed E-state index contributed by atoms with van der Waals surface area (Å²) in [6.45, 7) is 9.30. The Morgan fingerprint density at radius 1 is 1.30 bits per heavy atom. The van der Waals surface area contributed by atoms with E-state index in [-0.39, 0.29) is 11.7 Å². The van der Waals surface area contributed by atoms with Crippen LogP contribution in [0.2, 0.25) is 0 Å². The van der Waals surface area contributed by atoms with Gasteiger partial charge in [-0.2, -0.15) is 0 Å². The van der Waals surface area contributed by atoms with Crippen LogP contribution in [0.15, 0.2) is 12.7 Å². The van der Waals surface area contributed by atoms with Gasteiger partial charge >= 0.3 is 6.09 Å². The molecule has 30 heavy (non-hydrogen) atoms. The zero-order chi connectivity index (χ0) is 22.1. The molecule has 3 atom stereocenters. The first-order valence-corrected chi connectivity index (χ1v) is 9.84. The lowest BCUT2D eigenvalue weighted by Gasteiger charge is -2.25. The molecule has 2 aromatic rings. The average molecular weight is 420 g/mol. The highest BCUT2D eigenvalue weighted by atomic mass is 16.6. The molecule has 11 nitrogen and oxygen atoms in total. The molecular weight excluding hydrogens is 392 g/mol. The summed E-state index contributed by atoms with van der Waals surface area (Å²) in [5, 5.41) is 15.4. The summed E-state index contributed by atoms with van der Waals surface area (Å²) in [5.74, 6) is -0.454. The molecule has 0 aliphatic carbocycles. The van der Waals surface area contributed by atoms with Gasteiger partial charge in [-0.3, -0.25) is 9.36 Å². The number of nitrogens with zero attached hydrogens (tertiary/aromatic N) is 4. The van der Waals surface area contributed by atoms with Gasteiger partial charge in [0.1, 0.15) is 24.1 Å². The van der Waals surface area contributed by atoms with Crippen molar-refractivity contribution in [2.24, 2.45) is 5.92 Å². The number of imidazole rings is 1. The van der Waals surface area contributed by atoms with E-state index in [1.807, 2.05) is 13.8 Å². The van der Waals surface area contributed by atoms with Crippen molar-refractivity contribution in [2.45, 2.75) is 65.0 Å². The van der Waals surface area contributed by atoms with E-state index in [4.69, 9.17) is 9.47 Å². The number of aromatic nitrogens is 4. The highest BCUT2D eigenvalue weighted by molar-refractivity contribution is 6.00. The number of aliphatic hydroxyl groups excluding tert-OH is 1. The lowest BCUT2D eigenvalue weighted by atomic mass is 10.0. The molecule has 3 heterocycles. The SMILES string of the molecule is CC(C)[C@H](NC(=O)OC(C)(C)C)C(=O)Nc1ncnc2c1ncn2C1OCCC1O. The molecule has 2 aromatic heterocycles. The maximum Gasteiger partial charge on any atom is 0.408 e. The smallest absolute Gasteiger partial charge is 0.408 e. The summed E-state index contributed by atoms with van der Waals surface area (Å²) >= 11 is 0. The van der Waals surface area contributed by atoms with Crippen LogP contribution in [-0.2, 0) is 14.3 Å². The van der Waals surface area contributed by atoms with Crippen molar-refractivity contribution < 1.29 is 24.2 Å². The van der Waals surface area contributed by atoms with Crippen LogP contribution in [0.1, 0.15) is 47.3 Å². The standard InChI is InChI=1S/C19H28N6O5/c1-10(2)12(23-18(28)30-19(3,4)5)16(27)24-14-13-15(21-8-20-14)25(9-22-13)17-11(26)6-7-29-17/h8-12,17,26H,6-7H2,1-5H3,(H,23,28)(H,20,21,24,27)/t11?,12-,17?/m0/s1. The van der Waals surface area contributed by atoms with E-state index in [1.165, 1.54) is 12.7 Å². The van der Waals surface area contributed by atoms with Crippen molar-refractivity contribution >= 4 is 29.0 Å². The van der Waals surface area contributed by atoms with Crippen molar-refractivity contribution in [2.75, 3.05) is 11.9 Å². The molecule has 0 aromatic carbocycles. The van der Waals surface area contributed by atoms with Crippen LogP contribution in [0, 0.1) is 5.92 Å². The minimum atomic E-state index is -0.841. The fraction of sp³-hybridized carbons (Fsp3) is 0.632. The highest BCUT2D eigenvalue weighted by Gasteiger charge is 2.31. The second-order valence-corrected chi connectivity index (χ2v) is 8.52. The number of fused-ring (bicyclic) bond motifs is 1. The number of hydrogen-bond acceptors (Lipinski definition) is 8. The van der Waals surface area contributed by atoms with Crippen LogP contribution < -0.4 is 10.6 Å². The topological polar surface area (TPSA) is 140 Å². The Bertz CT molecular complexity index is 922. The van der Waals surface area contributed by atoms with Crippen molar-refractivity contribution in [1.29, 1.82) is 0 Å². The monoisotopic (exact) mass is 420 g/mol. The molecule has 0 saturated carbocycles. The number of carbonyl (C=O) groups is 2. The number of amides is 2. The van der Waals surface area contributed by atoms with Gasteiger partial charge in [0.05, 0.1) is 12.9 Å². The molecule has 1 fully saturated rings. The summed E-state index contributed by atoms with van der Waals surface area (Å²) in [4.78, 5) is 37.6. The minimum absolute atomic E-state index is 0.200. The molecule has 164 valence electrons. The van der Waals surface area contributed by atoms with Gasteiger partial charge in [-0.1, -0.05) is 13.8 Å². The second-order valence-electron chi connectivity index (χ2n) is 8.52. The number of carbonyl (C=O) groups excluding carboxylic acids is 2. The fourth-order valence-electron chi connectivity index (χ4n) is 3.12. The average Bonchev–Trinajstić information content (AvgIpc) is 3.24. The molecule has 2 unspecified atom stereocenters. The summed E-state index contributed by atoms with van der Waals surface area (Å²) < 4.78 is 12.4. The van der Waals surface area contributed by atoms with Crippen LogP contribution in [-0.4, -0.2) is 61.0 Å². The minimum Gasteiger partial charge on any atom is -0.444 e. The van der Waals surface area contributed by atoms with Crippen LogP contribution in [0.25, 0.3) is 11.2 Å². The predicted molar refractivity (Wildman–Crippen MR) is 108 cm³/mol. The van der Waals surface area contributed by atoms with Crippen molar-refractivity contribution in [1.82, 2.24) is 24.8 Å². The van der Waals surface area contributed by atoms with Gasteiger partial charge in [-0.25, -0.2) is 19.7 Å². The number of anilines is 1. The molecule has 0 bridgehead atoms. The molecular formula is C19H28N6O5. The first kappa shape index (κ1) is 21.9. The number of rotatable bonds is 5. The molecule has 11 heteroatoms. The molecule has 2 amide bonds. The third-order valence-corrected chi connectivity index (χ3v) is 4.53. The largest absolute Gasteiger partial charge is 0.444 e. The van der Waals surface area contributed by atoms with E-state index >= 15 is 0 Å². The summed E-state index contributed by atoms with van der Waals surface area (Å²) in [6, 6.07) is -0.841. The van der Waals surface area contributed by atoms with Gasteiger partial charge in [-0.05, 0) is 26.7 Å². The normalized spacial score (nSPS) is 20.4. The molecule has 0 spiro atoms. The van der Waals surface area contributed by atoms with E-state index in [1.54, 1.807) is 25.3 Å². The van der Waals surface area contributed by atoms with Crippen LogP contribution in [0.3, 0.4) is 0 Å². The second kappa shape index (κ2) is 8.52. The zero-order valence-electron chi connectivity index (χ0n) is 17.7. The third kappa shape index (κ3) is 4.85. The number of hydrogen-bond donors (Lipinski definition) is 3. The highest BCUT2D eigenvalue weighted by Crippen LogP contribution is 2.28. The number of nitrogens with one attached hydrogen (secondary N) is 2. The van der Waals surface area contributed by atoms with Gasteiger partial charge in [0, 0.05) is 6.42 Å². The van der Waals surface area contributed by atoms with E-state index in [0.29, 0.717) is 24.2 Å². The molecule has 1 aliphatic heterocycles. The Balaban J connectivity index is 1.79. The Morgan fingerprint density at radius 2 is 2.03 bits per heavy atom. The van der Waals surface area contributed by atoms with Gasteiger partial charge in [0.2, 0.25) is 5.91 Å². The molecule has 0 radical (unpaired) electrons. The quantitative estimate of drug-likeness (QED) is 0.662. The van der Waals surface area contributed by atoms with Crippen molar-refractivity contribution in [3.63, 3.8) is 0 Å². The van der Waals surface area contributed by atoms with Gasteiger partial charge in [-0.15, -0.1) is 0 Å². The van der Waals surface area contributed by atoms with Crippen LogP contribution in [0.5, 0.6) is 0 Å². The van der Waals surface area contributed by atoms with Crippen molar-refractivity contribution in [3.05, 3.63) is 12.7 Å². The predicted octanol–water partition coefficient (Wildman–Crippen LogP) is 1.59. The lowest BCUT2D eigenvalue weighted by molar-refractivity contribution is -0.119. The third-order valence-electron chi connectivity index (χ3n) is 4.53. The lowest BCUT2D eigenvalue weighted by Crippen LogP contribution is -2.48. The van der Waals surface area contributed by atoms with Gasteiger partial charge in [0.15, 0.2) is 23.2 Å². The number of aliphatic hydroxyl groups is 1. The summed E-state index contributed by atoms with van der Waals surface area (Å²) in [7, 11) is 0. The van der Waals surface area contributed by atoms with Crippen LogP contribution in [0.4, 0.5) is 10.6 Å². The van der Waals surface area contributed by atoms with Crippen molar-refractivity contribution in [3.8, 4) is 0 Å². The maximum atomic E-state index is 12.9. The molecule has 3 rings (SSSR count). The van der Waals surface area contributed by atoms with E-state index in [2.05, 4.69) is 25.6 Å². The first-order valence-electron chi connectivity index (χ1n) is 9.84. The fourth-order valence-corrected chi connectivity index (χ4v) is 3.12. The number of alkyl carbamates (subject to hydrolysis) is 1. The van der Waals surface area contributed by atoms with E-state index in [9.17, 15) is 14.7 Å². The van der Waals surface area contributed by atoms with Gasteiger partial charge in [0.25, 0.3) is 0 Å². The van der Waals surface area contributed by atoms with Crippen LogP contribution >= 0.6 is 0 Å². The zero-order valence-corrected chi connectivity index (χ0v) is 17.7. The molecule has 3 N–H and O–H groups in total. The maximum absolute atomic E-state index is 12.9. The number of ether oxygens (including phenoxy) is 2. The Kier molecular flexibility index (Phi) is 6.22. The Morgan fingerprint density at radius 3 is 2.63 bits per heavy atom. The van der Waals surface area contributed by atoms with E-state index in [0.717, 1.165) is 0 Å². The molecule has 1 saturated heterocycles. The van der Waals surface area contributed by atoms with Gasteiger partial charge < -0.3 is 25.2 Å². The summed E-state index contributed by atoms with van der Waals surface area (Å²) in [6.07, 6.45) is 1.37. The molecule has 1 aliphatic rings. The Hall–Kier alpha value is -2.79.